The van der Waals surface area contributed by atoms with Gasteiger partial charge in [0.05, 0.1) is 0 Å². The number of anilines is 3. The number of benzene rings is 5. The number of fused-ring (bicyclic) bond motifs is 9. The molecule has 5 aromatic carbocycles. The Morgan fingerprint density at radius 2 is 1.33 bits per heavy atom. The first kappa shape index (κ1) is 29.1. The van der Waals surface area contributed by atoms with Crippen LogP contribution in [0.4, 0.5) is 17.1 Å². The maximum absolute atomic E-state index is 2.52. The van der Waals surface area contributed by atoms with Gasteiger partial charge in [-0.3, -0.25) is 0 Å². The van der Waals surface area contributed by atoms with Crippen LogP contribution in [0, 0.1) is 11.8 Å². The summed E-state index contributed by atoms with van der Waals surface area (Å²) < 4.78 is 2.77. The summed E-state index contributed by atoms with van der Waals surface area (Å²) >= 11 is 1.93. The van der Waals surface area contributed by atoms with E-state index in [1.54, 1.807) is 5.56 Å². The molecule has 4 aliphatic rings. The molecule has 1 heterocycles. The lowest BCUT2D eigenvalue weighted by Gasteiger charge is -2.29. The van der Waals surface area contributed by atoms with Crippen LogP contribution in [0.1, 0.15) is 106 Å². The minimum Gasteiger partial charge on any atom is -0.310 e. The average molecular weight is 644 g/mol. The fourth-order valence-corrected chi connectivity index (χ4v) is 11.7. The maximum Gasteiger partial charge on any atom is 0.0465 e. The zero-order valence-electron chi connectivity index (χ0n) is 28.3. The van der Waals surface area contributed by atoms with Gasteiger partial charge >= 0.3 is 0 Å². The van der Waals surface area contributed by atoms with E-state index in [2.05, 4.69) is 122 Å². The van der Waals surface area contributed by atoms with E-state index >= 15 is 0 Å². The molecular weight excluding hydrogens is 599 g/mol. The van der Waals surface area contributed by atoms with E-state index in [-0.39, 0.29) is 5.41 Å². The second-order valence-electron chi connectivity index (χ2n) is 15.9. The topological polar surface area (TPSA) is 3.24 Å². The zero-order valence-corrected chi connectivity index (χ0v) is 29.2. The van der Waals surface area contributed by atoms with E-state index < -0.39 is 0 Å². The molecule has 1 nitrogen and oxygen atoms in total. The molecule has 3 atom stereocenters. The average Bonchev–Trinajstić information content (AvgIpc) is 3.91. The van der Waals surface area contributed by atoms with Crippen LogP contribution in [0.2, 0.25) is 0 Å². The number of hydrogen-bond donors (Lipinski definition) is 0. The van der Waals surface area contributed by atoms with Crippen molar-refractivity contribution in [2.24, 2.45) is 11.8 Å². The van der Waals surface area contributed by atoms with Crippen LogP contribution in [0.25, 0.3) is 31.3 Å². The van der Waals surface area contributed by atoms with Gasteiger partial charge < -0.3 is 4.90 Å². The summed E-state index contributed by atoms with van der Waals surface area (Å²) in [6, 6.07) is 40.3. The second-order valence-corrected chi connectivity index (χ2v) is 17.0. The van der Waals surface area contributed by atoms with Gasteiger partial charge in [0.25, 0.3) is 0 Å². The summed E-state index contributed by atoms with van der Waals surface area (Å²) in [6.45, 7) is 4.89. The molecule has 10 rings (SSSR count). The van der Waals surface area contributed by atoms with E-state index in [0.717, 1.165) is 17.8 Å². The van der Waals surface area contributed by atoms with Gasteiger partial charge in [0, 0.05) is 42.6 Å². The Hall–Kier alpha value is -3.88. The maximum atomic E-state index is 2.52. The van der Waals surface area contributed by atoms with Gasteiger partial charge in [-0.25, -0.2) is 0 Å². The van der Waals surface area contributed by atoms with E-state index in [1.807, 2.05) is 11.3 Å². The Bertz CT molecular complexity index is 2160. The molecule has 2 bridgehead atoms. The Kier molecular flexibility index (Phi) is 6.71. The van der Waals surface area contributed by atoms with Gasteiger partial charge in [0.1, 0.15) is 0 Å². The van der Waals surface area contributed by atoms with Crippen LogP contribution in [0.5, 0.6) is 0 Å². The fourth-order valence-electron chi connectivity index (χ4n) is 10.6. The van der Waals surface area contributed by atoms with E-state index in [9.17, 15) is 0 Å². The molecule has 3 unspecified atom stereocenters. The first-order valence-corrected chi connectivity index (χ1v) is 19.4. The molecule has 0 N–H and O–H groups in total. The van der Waals surface area contributed by atoms with Crippen LogP contribution in [-0.2, 0) is 5.41 Å². The summed E-state index contributed by atoms with van der Waals surface area (Å²) in [7, 11) is 0. The first-order chi connectivity index (χ1) is 23.5. The van der Waals surface area contributed by atoms with Gasteiger partial charge in [0.15, 0.2) is 0 Å². The van der Waals surface area contributed by atoms with Crippen LogP contribution < -0.4 is 4.90 Å². The minimum absolute atomic E-state index is 0.105. The Morgan fingerprint density at radius 1 is 0.625 bits per heavy atom. The largest absolute Gasteiger partial charge is 0.310 e. The van der Waals surface area contributed by atoms with E-state index in [4.69, 9.17) is 0 Å². The SMILES string of the molecule is CC1(C)c2cc(N(c3ccc(C4CCCCC4)cc3)c3ccc(C4CC5CCC4C5)cc3)ccc2-c2ccc3sc4ccccc4c3c21. The molecule has 48 heavy (non-hydrogen) atoms. The van der Waals surface area contributed by atoms with Gasteiger partial charge in [0.2, 0.25) is 0 Å². The molecule has 0 aliphatic heterocycles. The molecule has 2 heteroatoms. The number of nitrogens with zero attached hydrogens (tertiary/aromatic N) is 1. The van der Waals surface area contributed by atoms with Crippen molar-refractivity contribution in [3.63, 3.8) is 0 Å². The van der Waals surface area contributed by atoms with Crippen molar-refractivity contribution in [1.29, 1.82) is 0 Å². The Labute approximate surface area is 289 Å². The van der Waals surface area contributed by atoms with Crippen molar-refractivity contribution in [3.05, 3.63) is 125 Å². The molecule has 0 amide bonds. The van der Waals surface area contributed by atoms with Crippen molar-refractivity contribution >= 4 is 48.6 Å². The predicted octanol–water partition coefficient (Wildman–Crippen LogP) is 13.8. The Morgan fingerprint density at radius 3 is 2.06 bits per heavy atom. The molecule has 4 aliphatic carbocycles. The van der Waals surface area contributed by atoms with Gasteiger partial charge in [-0.1, -0.05) is 94.1 Å². The third-order valence-electron chi connectivity index (χ3n) is 12.9. The Balaban J connectivity index is 1.08. The third kappa shape index (κ3) is 4.48. The number of rotatable bonds is 5. The fraction of sp³-hybridized carbons (Fsp3) is 0.348. The lowest BCUT2D eigenvalue weighted by atomic mass is 9.80. The quantitative estimate of drug-likeness (QED) is 0.181. The van der Waals surface area contributed by atoms with Gasteiger partial charge in [-0.15, -0.1) is 11.3 Å². The second kappa shape index (κ2) is 11.1. The smallest absolute Gasteiger partial charge is 0.0465 e. The van der Waals surface area contributed by atoms with Crippen molar-refractivity contribution < 1.29 is 0 Å². The van der Waals surface area contributed by atoms with Gasteiger partial charge in [-0.05, 0) is 138 Å². The van der Waals surface area contributed by atoms with Crippen molar-refractivity contribution in [1.82, 2.24) is 0 Å². The molecule has 0 saturated heterocycles. The zero-order chi connectivity index (χ0) is 32.0. The molecule has 3 fully saturated rings. The first-order valence-electron chi connectivity index (χ1n) is 18.6. The van der Waals surface area contributed by atoms with Gasteiger partial charge in [-0.2, -0.15) is 0 Å². The highest BCUT2D eigenvalue weighted by atomic mass is 32.1. The highest BCUT2D eigenvalue weighted by molar-refractivity contribution is 7.25. The van der Waals surface area contributed by atoms with Crippen molar-refractivity contribution in [2.45, 2.75) is 88.9 Å². The third-order valence-corrected chi connectivity index (χ3v) is 14.1. The summed E-state index contributed by atoms with van der Waals surface area (Å²) in [5, 5.41) is 2.84. The summed E-state index contributed by atoms with van der Waals surface area (Å²) in [5.74, 6) is 3.33. The molecule has 0 spiro atoms. The van der Waals surface area contributed by atoms with Crippen LogP contribution in [0.3, 0.4) is 0 Å². The monoisotopic (exact) mass is 643 g/mol. The van der Waals surface area contributed by atoms with Crippen LogP contribution in [0.15, 0.2) is 103 Å². The molecule has 6 aromatic rings. The summed E-state index contributed by atoms with van der Waals surface area (Å²) in [5.41, 5.74) is 12.4. The van der Waals surface area contributed by atoms with Crippen molar-refractivity contribution in [3.8, 4) is 11.1 Å². The molecule has 0 radical (unpaired) electrons. The minimum atomic E-state index is -0.105. The van der Waals surface area contributed by atoms with E-state index in [1.165, 1.54) is 123 Å². The molecule has 1 aromatic heterocycles. The predicted molar refractivity (Wildman–Crippen MR) is 206 cm³/mol. The van der Waals surface area contributed by atoms with Crippen molar-refractivity contribution in [2.75, 3.05) is 4.90 Å². The highest BCUT2D eigenvalue weighted by Gasteiger charge is 2.40. The molecule has 3 saturated carbocycles. The lowest BCUT2D eigenvalue weighted by Crippen LogP contribution is -2.17. The summed E-state index contributed by atoms with van der Waals surface area (Å²) in [6.07, 6.45) is 12.5. The lowest BCUT2D eigenvalue weighted by molar-refractivity contribution is 0.420. The molecule has 240 valence electrons. The van der Waals surface area contributed by atoms with Crippen LogP contribution in [-0.4, -0.2) is 0 Å². The molecular formula is C46H45NS. The number of thiophene rings is 1. The standard InChI is InChI=1S/C46H45NS/c1-46(2)41-28-36(22-23-37(41)38-24-25-43-44(45(38)46)39-10-6-7-11-42(39)48-43)47(34-18-14-31(15-19-34)30-8-4-3-5-9-30)35-20-16-32(17-21-35)40-27-29-12-13-33(40)26-29/h6-7,10-11,14-25,28-30,33,40H,3-5,8-9,12-13,26-27H2,1-2H3. The normalized spacial score (nSPS) is 22.8. The highest BCUT2D eigenvalue weighted by Crippen LogP contribution is 2.56. The number of hydrogen-bond acceptors (Lipinski definition) is 2. The van der Waals surface area contributed by atoms with E-state index in [0.29, 0.717) is 5.92 Å². The summed E-state index contributed by atoms with van der Waals surface area (Å²) in [4.78, 5) is 2.52. The van der Waals surface area contributed by atoms with Crippen LogP contribution >= 0.6 is 11.3 Å².